The highest BCUT2D eigenvalue weighted by molar-refractivity contribution is 5.84. The standard InChI is InChI=1S/C12H12N2O3/c1-2-9-8-11(14-17-9)13-12(15)16-10-6-4-3-5-7-10/h3-8H,2H2,1H3,(H,13,14,15). The van der Waals surface area contributed by atoms with Crippen molar-refractivity contribution in [2.75, 3.05) is 5.32 Å². The molecule has 2 aromatic rings. The van der Waals surface area contributed by atoms with Crippen molar-refractivity contribution >= 4 is 11.9 Å². The number of para-hydroxylation sites is 1. The number of carbonyl (C=O) groups excluding carboxylic acids is 1. The first-order chi connectivity index (χ1) is 8.28. The van der Waals surface area contributed by atoms with Gasteiger partial charge < -0.3 is 9.26 Å². The Hall–Kier alpha value is -2.30. The summed E-state index contributed by atoms with van der Waals surface area (Å²) in [6.07, 6.45) is 0.134. The number of aromatic nitrogens is 1. The second kappa shape index (κ2) is 5.16. The Kier molecular flexibility index (Phi) is 3.40. The molecule has 1 amide bonds. The molecule has 1 N–H and O–H groups in total. The molecule has 0 saturated heterocycles. The summed E-state index contributed by atoms with van der Waals surface area (Å²) in [4.78, 5) is 11.5. The fourth-order valence-electron chi connectivity index (χ4n) is 1.26. The number of rotatable bonds is 3. The first kappa shape index (κ1) is 11.2. The Labute approximate surface area is 98.4 Å². The quantitative estimate of drug-likeness (QED) is 0.883. The molecule has 1 heterocycles. The molecule has 0 unspecified atom stereocenters. The van der Waals surface area contributed by atoms with Crippen molar-refractivity contribution in [1.29, 1.82) is 0 Å². The average Bonchev–Trinajstić information content (AvgIpc) is 2.78. The van der Waals surface area contributed by atoms with Crippen LogP contribution >= 0.6 is 0 Å². The van der Waals surface area contributed by atoms with Gasteiger partial charge in [-0.2, -0.15) is 0 Å². The van der Waals surface area contributed by atoms with Crippen molar-refractivity contribution in [2.45, 2.75) is 13.3 Å². The van der Waals surface area contributed by atoms with Crippen LogP contribution in [0.5, 0.6) is 5.75 Å². The smallest absolute Gasteiger partial charge is 0.410 e. The number of anilines is 1. The van der Waals surface area contributed by atoms with E-state index in [2.05, 4.69) is 10.5 Å². The summed E-state index contributed by atoms with van der Waals surface area (Å²) in [7, 11) is 0. The maximum Gasteiger partial charge on any atom is 0.418 e. The molecular formula is C12H12N2O3. The minimum absolute atomic E-state index is 0.350. The Morgan fingerprint density at radius 2 is 2.18 bits per heavy atom. The van der Waals surface area contributed by atoms with Crippen LogP contribution in [0.4, 0.5) is 10.6 Å². The van der Waals surface area contributed by atoms with Gasteiger partial charge >= 0.3 is 6.09 Å². The van der Waals surface area contributed by atoms with E-state index in [0.717, 1.165) is 6.42 Å². The van der Waals surface area contributed by atoms with Gasteiger partial charge in [0.2, 0.25) is 0 Å². The highest BCUT2D eigenvalue weighted by atomic mass is 16.6. The maximum atomic E-state index is 11.5. The fourth-order valence-corrected chi connectivity index (χ4v) is 1.26. The number of ether oxygens (including phenoxy) is 1. The first-order valence-electron chi connectivity index (χ1n) is 5.27. The monoisotopic (exact) mass is 232 g/mol. The zero-order valence-electron chi connectivity index (χ0n) is 9.34. The maximum absolute atomic E-state index is 11.5. The lowest BCUT2D eigenvalue weighted by molar-refractivity contribution is 0.215. The molecule has 88 valence electrons. The number of amides is 1. The van der Waals surface area contributed by atoms with E-state index in [1.807, 2.05) is 13.0 Å². The first-order valence-corrected chi connectivity index (χ1v) is 5.27. The predicted octanol–water partition coefficient (Wildman–Crippen LogP) is 2.85. The molecule has 0 aliphatic rings. The Morgan fingerprint density at radius 3 is 2.82 bits per heavy atom. The molecule has 17 heavy (non-hydrogen) atoms. The highest BCUT2D eigenvalue weighted by Gasteiger charge is 2.08. The van der Waals surface area contributed by atoms with E-state index in [1.165, 1.54) is 0 Å². The number of aryl methyl sites for hydroxylation is 1. The molecule has 1 aromatic carbocycles. The van der Waals surface area contributed by atoms with Crippen molar-refractivity contribution in [3.05, 3.63) is 42.2 Å². The van der Waals surface area contributed by atoms with Gasteiger partial charge in [0.15, 0.2) is 5.82 Å². The number of nitrogens with zero attached hydrogens (tertiary/aromatic N) is 1. The van der Waals surface area contributed by atoms with E-state index in [4.69, 9.17) is 9.26 Å². The van der Waals surface area contributed by atoms with Gasteiger partial charge in [0.1, 0.15) is 11.5 Å². The van der Waals surface area contributed by atoms with Gasteiger partial charge in [-0.15, -0.1) is 0 Å². The van der Waals surface area contributed by atoms with E-state index >= 15 is 0 Å². The summed E-state index contributed by atoms with van der Waals surface area (Å²) >= 11 is 0. The summed E-state index contributed by atoms with van der Waals surface area (Å²) < 4.78 is 9.97. The largest absolute Gasteiger partial charge is 0.418 e. The van der Waals surface area contributed by atoms with Gasteiger partial charge in [-0.3, -0.25) is 5.32 Å². The van der Waals surface area contributed by atoms with Gasteiger partial charge in [0.25, 0.3) is 0 Å². The van der Waals surface area contributed by atoms with Gasteiger partial charge in [-0.25, -0.2) is 4.79 Å². The molecule has 5 nitrogen and oxygen atoms in total. The van der Waals surface area contributed by atoms with E-state index in [9.17, 15) is 4.79 Å². The summed E-state index contributed by atoms with van der Waals surface area (Å²) in [5, 5.41) is 6.16. The molecule has 0 fully saturated rings. The van der Waals surface area contributed by atoms with Crippen LogP contribution in [0, 0.1) is 0 Å². The molecule has 0 aliphatic heterocycles. The van der Waals surface area contributed by atoms with Gasteiger partial charge in [-0.1, -0.05) is 30.3 Å². The Bertz CT molecular complexity index is 493. The van der Waals surface area contributed by atoms with Crippen LogP contribution in [0.1, 0.15) is 12.7 Å². The van der Waals surface area contributed by atoms with E-state index in [1.54, 1.807) is 30.3 Å². The second-order valence-electron chi connectivity index (χ2n) is 3.36. The second-order valence-corrected chi connectivity index (χ2v) is 3.36. The molecule has 0 saturated carbocycles. The van der Waals surface area contributed by atoms with Crippen LogP contribution in [0.25, 0.3) is 0 Å². The number of hydrogen-bond donors (Lipinski definition) is 1. The van der Waals surface area contributed by atoms with Crippen molar-refractivity contribution in [3.8, 4) is 5.75 Å². The highest BCUT2D eigenvalue weighted by Crippen LogP contribution is 2.12. The van der Waals surface area contributed by atoms with Crippen LogP contribution in [0.2, 0.25) is 0 Å². The van der Waals surface area contributed by atoms with E-state index < -0.39 is 6.09 Å². The third-order valence-corrected chi connectivity index (χ3v) is 2.09. The van der Waals surface area contributed by atoms with Crippen molar-refractivity contribution in [2.24, 2.45) is 0 Å². The summed E-state index contributed by atoms with van der Waals surface area (Å²) in [5.74, 6) is 1.53. The lowest BCUT2D eigenvalue weighted by Gasteiger charge is -2.02. The Balaban J connectivity index is 1.93. The Morgan fingerprint density at radius 1 is 1.41 bits per heavy atom. The minimum Gasteiger partial charge on any atom is -0.410 e. The zero-order chi connectivity index (χ0) is 12.1. The molecule has 0 spiro atoms. The van der Waals surface area contributed by atoms with Gasteiger partial charge in [0, 0.05) is 12.5 Å². The number of benzene rings is 1. The minimum atomic E-state index is -0.591. The third kappa shape index (κ3) is 3.07. The number of nitrogens with one attached hydrogen (secondary N) is 1. The summed E-state index contributed by atoms with van der Waals surface area (Å²) in [6.45, 7) is 1.94. The predicted molar refractivity (Wildman–Crippen MR) is 62.0 cm³/mol. The van der Waals surface area contributed by atoms with Crippen LogP contribution in [-0.2, 0) is 6.42 Å². The van der Waals surface area contributed by atoms with E-state index in [0.29, 0.717) is 17.3 Å². The third-order valence-electron chi connectivity index (χ3n) is 2.09. The topological polar surface area (TPSA) is 64.4 Å². The average molecular weight is 232 g/mol. The SMILES string of the molecule is CCc1cc(NC(=O)Oc2ccccc2)no1. The van der Waals surface area contributed by atoms with Crippen molar-refractivity contribution < 1.29 is 14.1 Å². The van der Waals surface area contributed by atoms with Crippen LogP contribution in [0.3, 0.4) is 0 Å². The molecule has 0 aliphatic carbocycles. The van der Waals surface area contributed by atoms with Crippen LogP contribution in [-0.4, -0.2) is 11.2 Å². The van der Waals surface area contributed by atoms with Crippen molar-refractivity contribution in [1.82, 2.24) is 5.16 Å². The molecular weight excluding hydrogens is 220 g/mol. The number of hydrogen-bond acceptors (Lipinski definition) is 4. The van der Waals surface area contributed by atoms with Gasteiger partial charge in [0.05, 0.1) is 0 Å². The molecule has 5 heteroatoms. The van der Waals surface area contributed by atoms with E-state index in [-0.39, 0.29) is 0 Å². The van der Waals surface area contributed by atoms with Crippen LogP contribution in [0.15, 0.2) is 40.9 Å². The summed E-state index contributed by atoms with van der Waals surface area (Å²) in [5.41, 5.74) is 0. The molecule has 0 radical (unpaired) electrons. The molecule has 1 aromatic heterocycles. The summed E-state index contributed by atoms with van der Waals surface area (Å²) in [6, 6.07) is 10.5. The fraction of sp³-hybridized carbons (Fsp3) is 0.167. The van der Waals surface area contributed by atoms with Crippen LogP contribution < -0.4 is 10.1 Å². The van der Waals surface area contributed by atoms with Gasteiger partial charge in [-0.05, 0) is 12.1 Å². The molecule has 0 bridgehead atoms. The normalized spacial score (nSPS) is 9.94. The lowest BCUT2D eigenvalue weighted by atomic mass is 10.3. The molecule has 2 rings (SSSR count). The number of carbonyl (C=O) groups is 1. The molecule has 0 atom stereocenters. The lowest BCUT2D eigenvalue weighted by Crippen LogP contribution is -2.16. The zero-order valence-corrected chi connectivity index (χ0v) is 9.34. The van der Waals surface area contributed by atoms with Crippen molar-refractivity contribution in [3.63, 3.8) is 0 Å².